The van der Waals surface area contributed by atoms with Gasteiger partial charge in [0, 0.05) is 11.1 Å². The number of hydrogen-bond acceptors (Lipinski definition) is 5. The molecule has 2 aromatic carbocycles. The van der Waals surface area contributed by atoms with E-state index in [0.717, 1.165) is 5.56 Å². The Labute approximate surface area is 141 Å². The molecule has 0 aliphatic carbocycles. The largest absolute Gasteiger partial charge is 0.507 e. The van der Waals surface area contributed by atoms with E-state index >= 15 is 0 Å². The number of aromatic hydroxyl groups is 2. The number of ketones is 1. The van der Waals surface area contributed by atoms with Gasteiger partial charge in [-0.15, -0.1) is 0 Å². The monoisotopic (exact) mass is 330 g/mol. The predicted octanol–water partition coefficient (Wildman–Crippen LogP) is 3.61. The molecule has 0 aromatic heterocycles. The van der Waals surface area contributed by atoms with Crippen molar-refractivity contribution in [3.05, 3.63) is 46.5 Å². The highest BCUT2D eigenvalue weighted by atomic mass is 16.5. The molecule has 0 radical (unpaired) electrons. The first-order chi connectivity index (χ1) is 11.5. The average Bonchev–Trinajstić information content (AvgIpc) is 2.58. The molecular weight excluding hydrogens is 308 g/mol. The lowest BCUT2D eigenvalue weighted by Gasteiger charge is -2.19. The number of carbonyl (C=O) groups is 1. The van der Waals surface area contributed by atoms with E-state index in [1.54, 1.807) is 12.1 Å². The zero-order valence-corrected chi connectivity index (χ0v) is 14.3. The van der Waals surface area contributed by atoms with Gasteiger partial charge in [-0.3, -0.25) is 4.79 Å². The van der Waals surface area contributed by atoms with Gasteiger partial charge in [-0.1, -0.05) is 37.6 Å². The third kappa shape index (κ3) is 2.89. The summed E-state index contributed by atoms with van der Waals surface area (Å²) < 4.78 is 10.5. The second-order valence-corrected chi connectivity index (χ2v) is 5.51. The molecule has 2 N–H and O–H groups in total. The van der Waals surface area contributed by atoms with E-state index in [4.69, 9.17) is 9.47 Å². The lowest BCUT2D eigenvalue weighted by atomic mass is 9.93. The van der Waals surface area contributed by atoms with Crippen LogP contribution in [0.25, 0.3) is 0 Å². The number of methoxy groups -OCH3 is 2. The summed E-state index contributed by atoms with van der Waals surface area (Å²) in [7, 11) is 2.75. The summed E-state index contributed by atoms with van der Waals surface area (Å²) in [6.45, 7) is 3.74. The zero-order valence-electron chi connectivity index (χ0n) is 14.3. The van der Waals surface area contributed by atoms with E-state index in [0.29, 0.717) is 18.4 Å². The van der Waals surface area contributed by atoms with E-state index in [2.05, 4.69) is 0 Å². The SMILES string of the molecule is CCCc1c(O)c(OC)c(OC)c(C(=O)c2ccccc2C)c1O. The van der Waals surface area contributed by atoms with Crippen LogP contribution in [0.1, 0.15) is 40.4 Å². The molecule has 0 atom stereocenters. The van der Waals surface area contributed by atoms with Crippen LogP contribution < -0.4 is 9.47 Å². The van der Waals surface area contributed by atoms with Crippen molar-refractivity contribution in [2.75, 3.05) is 14.2 Å². The summed E-state index contributed by atoms with van der Waals surface area (Å²) in [5.41, 5.74) is 1.53. The molecular formula is C19H22O5. The van der Waals surface area contributed by atoms with Crippen molar-refractivity contribution < 1.29 is 24.5 Å². The van der Waals surface area contributed by atoms with Crippen LogP contribution in [0.3, 0.4) is 0 Å². The normalized spacial score (nSPS) is 10.5. The van der Waals surface area contributed by atoms with Crippen molar-refractivity contribution in [1.29, 1.82) is 0 Å². The molecule has 0 spiro atoms. The molecule has 2 rings (SSSR count). The number of rotatable bonds is 6. The Morgan fingerprint density at radius 3 is 2.21 bits per heavy atom. The number of carbonyl (C=O) groups excluding carboxylic acids is 1. The third-order valence-corrected chi connectivity index (χ3v) is 3.98. The molecule has 5 nitrogen and oxygen atoms in total. The minimum atomic E-state index is -0.377. The highest BCUT2D eigenvalue weighted by molar-refractivity contribution is 6.14. The van der Waals surface area contributed by atoms with Crippen molar-refractivity contribution in [3.8, 4) is 23.0 Å². The first-order valence-corrected chi connectivity index (χ1v) is 7.76. The van der Waals surface area contributed by atoms with E-state index in [1.807, 2.05) is 26.0 Å². The first-order valence-electron chi connectivity index (χ1n) is 7.76. The number of phenolic OH excluding ortho intramolecular Hbond substituents is 2. The van der Waals surface area contributed by atoms with Gasteiger partial charge in [-0.25, -0.2) is 0 Å². The molecule has 0 aliphatic rings. The molecule has 0 aliphatic heterocycles. The van der Waals surface area contributed by atoms with Crippen molar-refractivity contribution >= 4 is 5.78 Å². The van der Waals surface area contributed by atoms with Gasteiger partial charge in [0.15, 0.2) is 11.5 Å². The van der Waals surface area contributed by atoms with Gasteiger partial charge in [-0.2, -0.15) is 0 Å². The molecule has 0 fully saturated rings. The topological polar surface area (TPSA) is 76.0 Å². The molecule has 128 valence electrons. The van der Waals surface area contributed by atoms with Crippen LogP contribution in [0.5, 0.6) is 23.0 Å². The van der Waals surface area contributed by atoms with Crippen LogP contribution in [-0.4, -0.2) is 30.2 Å². The van der Waals surface area contributed by atoms with Crippen LogP contribution in [0.4, 0.5) is 0 Å². The fraction of sp³-hybridized carbons (Fsp3) is 0.316. The van der Waals surface area contributed by atoms with Gasteiger partial charge >= 0.3 is 0 Å². The molecule has 0 heterocycles. The minimum absolute atomic E-state index is 0.00454. The molecule has 0 bridgehead atoms. The smallest absolute Gasteiger partial charge is 0.204 e. The van der Waals surface area contributed by atoms with Gasteiger partial charge in [0.2, 0.25) is 11.5 Å². The number of phenols is 2. The van der Waals surface area contributed by atoms with E-state index in [-0.39, 0.29) is 39.9 Å². The molecule has 0 saturated heterocycles. The Hall–Kier alpha value is -2.69. The minimum Gasteiger partial charge on any atom is -0.507 e. The maximum atomic E-state index is 13.0. The zero-order chi connectivity index (χ0) is 17.9. The summed E-state index contributed by atoms with van der Waals surface area (Å²) in [4.78, 5) is 13.0. The quantitative estimate of drug-likeness (QED) is 0.791. The van der Waals surface area contributed by atoms with Gasteiger partial charge in [0.1, 0.15) is 11.3 Å². The molecule has 0 amide bonds. The van der Waals surface area contributed by atoms with Crippen LogP contribution in [0.2, 0.25) is 0 Å². The summed E-state index contributed by atoms with van der Waals surface area (Å²) in [5, 5.41) is 21.0. The fourth-order valence-electron chi connectivity index (χ4n) is 2.77. The summed E-state index contributed by atoms with van der Waals surface area (Å²) in [5.74, 6) is -0.760. The average molecular weight is 330 g/mol. The lowest BCUT2D eigenvalue weighted by Crippen LogP contribution is -2.09. The Bertz CT molecular complexity index is 765. The van der Waals surface area contributed by atoms with E-state index < -0.39 is 0 Å². The highest BCUT2D eigenvalue weighted by Crippen LogP contribution is 2.49. The second kappa shape index (κ2) is 7.25. The van der Waals surface area contributed by atoms with Crippen molar-refractivity contribution in [1.82, 2.24) is 0 Å². The molecule has 24 heavy (non-hydrogen) atoms. The Morgan fingerprint density at radius 1 is 1.04 bits per heavy atom. The van der Waals surface area contributed by atoms with Crippen molar-refractivity contribution in [2.24, 2.45) is 0 Å². The summed E-state index contributed by atoms with van der Waals surface area (Å²) >= 11 is 0. The van der Waals surface area contributed by atoms with Crippen molar-refractivity contribution in [3.63, 3.8) is 0 Å². The third-order valence-electron chi connectivity index (χ3n) is 3.98. The second-order valence-electron chi connectivity index (χ2n) is 5.51. The van der Waals surface area contributed by atoms with E-state index in [1.165, 1.54) is 14.2 Å². The standard InChI is InChI=1S/C19H22O5/c1-5-8-13-16(21)14(18(23-3)19(24-4)17(13)22)15(20)12-10-7-6-9-11(12)2/h6-7,9-10,21-22H,5,8H2,1-4H3. The Kier molecular flexibility index (Phi) is 5.34. The highest BCUT2D eigenvalue weighted by Gasteiger charge is 2.30. The summed E-state index contributed by atoms with van der Waals surface area (Å²) in [6, 6.07) is 7.11. The number of benzene rings is 2. The first kappa shape index (κ1) is 17.7. The molecule has 0 saturated carbocycles. The Morgan fingerprint density at radius 2 is 1.67 bits per heavy atom. The molecule has 5 heteroatoms. The van der Waals surface area contributed by atoms with Gasteiger partial charge in [-0.05, 0) is 18.9 Å². The van der Waals surface area contributed by atoms with Gasteiger partial charge in [0.05, 0.1) is 14.2 Å². The number of ether oxygens (including phenoxy) is 2. The van der Waals surface area contributed by atoms with Crippen LogP contribution in [0, 0.1) is 6.92 Å². The molecule has 2 aromatic rings. The predicted molar refractivity (Wildman–Crippen MR) is 91.5 cm³/mol. The fourth-order valence-corrected chi connectivity index (χ4v) is 2.77. The van der Waals surface area contributed by atoms with Crippen molar-refractivity contribution in [2.45, 2.75) is 26.7 Å². The van der Waals surface area contributed by atoms with E-state index in [9.17, 15) is 15.0 Å². The number of hydrogen-bond donors (Lipinski definition) is 2. The number of aryl methyl sites for hydroxylation is 1. The van der Waals surface area contributed by atoms with Crippen LogP contribution in [0.15, 0.2) is 24.3 Å². The van der Waals surface area contributed by atoms with Gasteiger partial charge < -0.3 is 19.7 Å². The van der Waals surface area contributed by atoms with Gasteiger partial charge in [0.25, 0.3) is 0 Å². The van der Waals surface area contributed by atoms with Crippen LogP contribution in [-0.2, 0) is 6.42 Å². The Balaban J connectivity index is 2.79. The maximum absolute atomic E-state index is 13.0. The van der Waals surface area contributed by atoms with Crippen LogP contribution >= 0.6 is 0 Å². The maximum Gasteiger partial charge on any atom is 0.204 e. The molecule has 0 unspecified atom stereocenters. The summed E-state index contributed by atoms with van der Waals surface area (Å²) in [6.07, 6.45) is 1.10. The lowest BCUT2D eigenvalue weighted by molar-refractivity contribution is 0.103.